The molecule has 1 aliphatic heterocycles. The summed E-state index contributed by atoms with van der Waals surface area (Å²) < 4.78 is 25.3. The van der Waals surface area contributed by atoms with Gasteiger partial charge in [0.05, 0.1) is 6.61 Å². The van der Waals surface area contributed by atoms with Gasteiger partial charge in [0.15, 0.2) is 17.1 Å². The molecule has 158 valence electrons. The van der Waals surface area contributed by atoms with Crippen LogP contribution in [-0.4, -0.2) is 41.8 Å². The minimum Gasteiger partial charge on any atom is -0.491 e. The van der Waals surface area contributed by atoms with Crippen LogP contribution in [0.1, 0.15) is 35.7 Å². The van der Waals surface area contributed by atoms with Crippen LogP contribution >= 0.6 is 0 Å². The van der Waals surface area contributed by atoms with Gasteiger partial charge >= 0.3 is 5.97 Å². The molecule has 1 aromatic heterocycles. The van der Waals surface area contributed by atoms with Gasteiger partial charge in [0.25, 0.3) is 6.01 Å². The van der Waals surface area contributed by atoms with E-state index in [1.54, 1.807) is 24.3 Å². The van der Waals surface area contributed by atoms with Gasteiger partial charge in [-0.2, -0.15) is 4.98 Å². The predicted molar refractivity (Wildman–Crippen MR) is 111 cm³/mol. The molecule has 2 heterocycles. The number of hydrogen-bond donors (Lipinski definition) is 2. The number of piperidine rings is 1. The lowest BCUT2D eigenvalue weighted by molar-refractivity contribution is 0.0698. The topological polar surface area (TPSA) is 87.8 Å². The third-order valence-corrected chi connectivity index (χ3v) is 5.28. The Bertz CT molecular complexity index is 1050. The predicted octanol–water partition coefficient (Wildman–Crippen LogP) is 3.82. The molecule has 30 heavy (non-hydrogen) atoms. The maximum atomic E-state index is 14.0. The monoisotopic (exact) mass is 413 g/mol. The molecule has 0 radical (unpaired) electrons. The van der Waals surface area contributed by atoms with E-state index in [0.717, 1.165) is 31.5 Å². The maximum Gasteiger partial charge on any atom is 0.339 e. The molecule has 1 fully saturated rings. The molecule has 8 heteroatoms. The number of halogens is 1. The summed E-state index contributed by atoms with van der Waals surface area (Å²) in [4.78, 5) is 18.2. The molecule has 0 atom stereocenters. The first-order chi connectivity index (χ1) is 14.6. The molecule has 0 saturated carbocycles. The van der Waals surface area contributed by atoms with Crippen molar-refractivity contribution >= 4 is 23.1 Å². The fourth-order valence-electron chi connectivity index (χ4n) is 3.81. The number of rotatable bonds is 7. The lowest BCUT2D eigenvalue weighted by Gasteiger charge is -2.33. The standard InChI is InChI=1S/C22H24FN3O4/c1-2-29-19-12-14(6-7-17(19)23)13-26(15-8-10-24-11-9-15)22-25-18-5-3-4-16(21(27)28)20(18)30-22/h3-7,12,15,24H,2,8-11,13H2,1H3,(H,27,28). The lowest BCUT2D eigenvalue weighted by Crippen LogP contribution is -2.43. The highest BCUT2D eigenvalue weighted by Gasteiger charge is 2.27. The highest BCUT2D eigenvalue weighted by molar-refractivity contribution is 6.00. The van der Waals surface area contributed by atoms with E-state index in [1.165, 1.54) is 12.1 Å². The maximum absolute atomic E-state index is 14.0. The van der Waals surface area contributed by atoms with E-state index in [0.29, 0.717) is 24.7 Å². The average Bonchev–Trinajstić information content (AvgIpc) is 3.18. The smallest absolute Gasteiger partial charge is 0.339 e. The van der Waals surface area contributed by atoms with Crippen molar-refractivity contribution in [1.82, 2.24) is 10.3 Å². The van der Waals surface area contributed by atoms with Crippen molar-refractivity contribution in [2.24, 2.45) is 0 Å². The van der Waals surface area contributed by atoms with E-state index in [9.17, 15) is 14.3 Å². The molecule has 0 bridgehead atoms. The van der Waals surface area contributed by atoms with Crippen molar-refractivity contribution in [2.45, 2.75) is 32.4 Å². The normalized spacial score (nSPS) is 14.7. The fourth-order valence-corrected chi connectivity index (χ4v) is 3.81. The second kappa shape index (κ2) is 8.71. The number of nitrogens with zero attached hydrogens (tertiary/aromatic N) is 2. The molecular weight excluding hydrogens is 389 g/mol. The van der Waals surface area contributed by atoms with E-state index in [2.05, 4.69) is 10.3 Å². The second-order valence-corrected chi connectivity index (χ2v) is 7.26. The molecule has 2 N–H and O–H groups in total. The molecule has 0 spiro atoms. The molecule has 7 nitrogen and oxygen atoms in total. The summed E-state index contributed by atoms with van der Waals surface area (Å²) in [5.74, 6) is -1.25. The van der Waals surface area contributed by atoms with Gasteiger partial charge in [0, 0.05) is 12.6 Å². The number of para-hydroxylation sites is 1. The number of hydrogen-bond acceptors (Lipinski definition) is 6. The van der Waals surface area contributed by atoms with Gasteiger partial charge in [-0.3, -0.25) is 0 Å². The second-order valence-electron chi connectivity index (χ2n) is 7.26. The highest BCUT2D eigenvalue weighted by Crippen LogP contribution is 2.30. The summed E-state index contributed by atoms with van der Waals surface area (Å²) in [5, 5.41) is 12.8. The van der Waals surface area contributed by atoms with Crippen molar-refractivity contribution in [3.63, 3.8) is 0 Å². The van der Waals surface area contributed by atoms with Crippen LogP contribution in [0.15, 0.2) is 40.8 Å². The lowest BCUT2D eigenvalue weighted by atomic mass is 10.0. The van der Waals surface area contributed by atoms with Crippen LogP contribution in [0.4, 0.5) is 10.4 Å². The number of carbonyl (C=O) groups is 1. The fraction of sp³-hybridized carbons (Fsp3) is 0.364. The Morgan fingerprint density at radius 2 is 2.13 bits per heavy atom. The summed E-state index contributed by atoms with van der Waals surface area (Å²) >= 11 is 0. The Morgan fingerprint density at radius 1 is 1.33 bits per heavy atom. The molecule has 1 saturated heterocycles. The molecule has 0 amide bonds. The van der Waals surface area contributed by atoms with Gasteiger partial charge in [-0.05, 0) is 62.7 Å². The first kappa shape index (κ1) is 20.2. The van der Waals surface area contributed by atoms with Gasteiger partial charge in [0.2, 0.25) is 0 Å². The van der Waals surface area contributed by atoms with Crippen molar-refractivity contribution in [1.29, 1.82) is 0 Å². The minimum absolute atomic E-state index is 0.0805. The zero-order chi connectivity index (χ0) is 21.1. The van der Waals surface area contributed by atoms with E-state index >= 15 is 0 Å². The van der Waals surface area contributed by atoms with Crippen LogP contribution in [0.5, 0.6) is 5.75 Å². The van der Waals surface area contributed by atoms with Crippen LogP contribution in [0.2, 0.25) is 0 Å². The quantitative estimate of drug-likeness (QED) is 0.609. The SMILES string of the molecule is CCOc1cc(CN(c2nc3cccc(C(=O)O)c3o2)C2CCNCC2)ccc1F. The van der Waals surface area contributed by atoms with Crippen molar-refractivity contribution < 1.29 is 23.4 Å². The molecule has 2 aromatic carbocycles. The van der Waals surface area contributed by atoms with Crippen molar-refractivity contribution in [3.8, 4) is 5.75 Å². The first-order valence-corrected chi connectivity index (χ1v) is 10.1. The summed E-state index contributed by atoms with van der Waals surface area (Å²) in [6.45, 7) is 4.37. The Hall–Kier alpha value is -3.13. The zero-order valence-corrected chi connectivity index (χ0v) is 16.7. The number of carboxylic acids is 1. The number of ether oxygens (including phenoxy) is 1. The molecular formula is C22H24FN3O4. The molecule has 3 aromatic rings. The number of carboxylic acid groups (broad SMARTS) is 1. The first-order valence-electron chi connectivity index (χ1n) is 10.1. The number of aromatic carboxylic acids is 1. The number of fused-ring (bicyclic) bond motifs is 1. The Labute approximate surface area is 173 Å². The van der Waals surface area contributed by atoms with Crippen LogP contribution in [0.25, 0.3) is 11.1 Å². The van der Waals surface area contributed by atoms with E-state index in [1.807, 2.05) is 11.8 Å². The molecule has 0 aliphatic carbocycles. The van der Waals surface area contributed by atoms with Gasteiger partial charge in [-0.25, -0.2) is 9.18 Å². The van der Waals surface area contributed by atoms with Gasteiger partial charge < -0.3 is 24.5 Å². The van der Waals surface area contributed by atoms with E-state index < -0.39 is 11.8 Å². The average molecular weight is 413 g/mol. The number of benzene rings is 2. The van der Waals surface area contributed by atoms with Gasteiger partial charge in [-0.15, -0.1) is 0 Å². The zero-order valence-electron chi connectivity index (χ0n) is 16.7. The third kappa shape index (κ3) is 4.09. The van der Waals surface area contributed by atoms with Crippen LogP contribution in [0, 0.1) is 5.82 Å². The Morgan fingerprint density at radius 3 is 2.87 bits per heavy atom. The Balaban J connectivity index is 1.72. The Kier molecular flexibility index (Phi) is 5.85. The molecule has 1 aliphatic rings. The summed E-state index contributed by atoms with van der Waals surface area (Å²) in [6.07, 6.45) is 1.79. The minimum atomic E-state index is -1.06. The van der Waals surface area contributed by atoms with Crippen LogP contribution in [-0.2, 0) is 6.54 Å². The molecule has 4 rings (SSSR count). The van der Waals surface area contributed by atoms with Gasteiger partial charge in [0.1, 0.15) is 11.1 Å². The van der Waals surface area contributed by atoms with E-state index in [4.69, 9.17) is 9.15 Å². The number of oxazole rings is 1. The largest absolute Gasteiger partial charge is 0.491 e. The summed E-state index contributed by atoms with van der Waals surface area (Å²) in [6, 6.07) is 10.2. The number of nitrogens with one attached hydrogen (secondary N) is 1. The van der Waals surface area contributed by atoms with Crippen molar-refractivity contribution in [3.05, 3.63) is 53.3 Å². The van der Waals surface area contributed by atoms with E-state index in [-0.39, 0.29) is 22.9 Å². The van der Waals surface area contributed by atoms with Crippen molar-refractivity contribution in [2.75, 3.05) is 24.6 Å². The summed E-state index contributed by atoms with van der Waals surface area (Å²) in [7, 11) is 0. The van der Waals surface area contributed by atoms with Crippen LogP contribution in [0.3, 0.4) is 0 Å². The highest BCUT2D eigenvalue weighted by atomic mass is 19.1. The summed E-state index contributed by atoms with van der Waals surface area (Å²) in [5.41, 5.74) is 1.70. The number of anilines is 1. The van der Waals surface area contributed by atoms with Gasteiger partial charge in [-0.1, -0.05) is 12.1 Å². The third-order valence-electron chi connectivity index (χ3n) is 5.28. The molecule has 0 unspecified atom stereocenters. The van der Waals surface area contributed by atoms with Crippen LogP contribution < -0.4 is 15.0 Å². The number of aromatic nitrogens is 1.